The summed E-state index contributed by atoms with van der Waals surface area (Å²) in [7, 11) is 0. The van der Waals surface area contributed by atoms with Gasteiger partial charge in [-0.25, -0.2) is 4.39 Å². The van der Waals surface area contributed by atoms with Crippen LogP contribution in [0.25, 0.3) is 0 Å². The Kier molecular flexibility index (Phi) is 5.25. The average molecular weight is 319 g/mol. The predicted octanol–water partition coefficient (Wildman–Crippen LogP) is 2.32. The van der Waals surface area contributed by atoms with E-state index in [1.807, 2.05) is 13.0 Å². The van der Waals surface area contributed by atoms with E-state index < -0.39 is 0 Å². The first-order chi connectivity index (χ1) is 11.2. The minimum absolute atomic E-state index is 0.305. The van der Waals surface area contributed by atoms with Gasteiger partial charge in [0.1, 0.15) is 12.4 Å². The van der Waals surface area contributed by atoms with Gasteiger partial charge in [-0.05, 0) is 19.1 Å². The Morgan fingerprint density at radius 2 is 1.91 bits per heavy atom. The lowest BCUT2D eigenvalue weighted by molar-refractivity contribution is 0.110. The third-order valence-electron chi connectivity index (χ3n) is 4.03. The van der Waals surface area contributed by atoms with Gasteiger partial charge >= 0.3 is 0 Å². The number of hydrogen-bond donors (Lipinski definition) is 0. The van der Waals surface area contributed by atoms with Crippen LogP contribution < -0.4 is 4.74 Å². The van der Waals surface area contributed by atoms with Crippen LogP contribution in [0.3, 0.4) is 0 Å². The molecule has 23 heavy (non-hydrogen) atoms. The summed E-state index contributed by atoms with van der Waals surface area (Å²) in [5.74, 6) is 0.872. The van der Waals surface area contributed by atoms with Gasteiger partial charge in [-0.15, -0.1) is 0 Å². The van der Waals surface area contributed by atoms with Gasteiger partial charge in [-0.2, -0.15) is 0 Å². The van der Waals surface area contributed by atoms with Crippen molar-refractivity contribution in [2.24, 2.45) is 0 Å². The van der Waals surface area contributed by atoms with Crippen LogP contribution in [0.4, 0.5) is 4.39 Å². The van der Waals surface area contributed by atoms with Gasteiger partial charge < -0.3 is 9.26 Å². The summed E-state index contributed by atoms with van der Waals surface area (Å²) in [4.78, 5) is 4.71. The van der Waals surface area contributed by atoms with Crippen LogP contribution in [0.5, 0.6) is 5.75 Å². The van der Waals surface area contributed by atoms with Gasteiger partial charge in [0.2, 0.25) is 0 Å². The number of halogens is 1. The number of para-hydroxylation sites is 1. The highest BCUT2D eigenvalue weighted by Gasteiger charge is 2.18. The molecular weight excluding hydrogens is 297 g/mol. The highest BCUT2D eigenvalue weighted by molar-refractivity contribution is 5.23. The summed E-state index contributed by atoms with van der Waals surface area (Å²) >= 11 is 0. The Morgan fingerprint density at radius 3 is 2.61 bits per heavy atom. The van der Waals surface area contributed by atoms with E-state index in [4.69, 9.17) is 9.26 Å². The molecule has 1 aromatic carbocycles. The minimum atomic E-state index is -0.305. The van der Waals surface area contributed by atoms with Gasteiger partial charge in [0.15, 0.2) is 11.6 Å². The second-order valence-corrected chi connectivity index (χ2v) is 5.83. The molecule has 0 saturated carbocycles. The van der Waals surface area contributed by atoms with Crippen LogP contribution in [-0.2, 0) is 6.54 Å². The van der Waals surface area contributed by atoms with E-state index in [2.05, 4.69) is 15.0 Å². The quantitative estimate of drug-likeness (QED) is 0.817. The number of hydrogen-bond acceptors (Lipinski definition) is 5. The first kappa shape index (κ1) is 16.0. The zero-order valence-corrected chi connectivity index (χ0v) is 13.4. The Morgan fingerprint density at radius 1 is 1.17 bits per heavy atom. The lowest BCUT2D eigenvalue weighted by Crippen LogP contribution is -2.47. The van der Waals surface area contributed by atoms with Gasteiger partial charge in [0.05, 0.1) is 5.69 Å². The Hall–Kier alpha value is -1.92. The molecule has 1 fully saturated rings. The summed E-state index contributed by atoms with van der Waals surface area (Å²) in [5.41, 5.74) is 0.985. The molecule has 0 unspecified atom stereocenters. The highest BCUT2D eigenvalue weighted by Crippen LogP contribution is 2.15. The third-order valence-corrected chi connectivity index (χ3v) is 4.03. The normalized spacial score (nSPS) is 16.6. The fourth-order valence-corrected chi connectivity index (χ4v) is 2.74. The minimum Gasteiger partial charge on any atom is -0.489 e. The van der Waals surface area contributed by atoms with Crippen LogP contribution in [0.1, 0.15) is 11.5 Å². The standard InChI is InChI=1S/C17H22FN3O2/c1-14-12-15(19-23-14)13-21-8-6-20(7-9-21)10-11-22-17-5-3-2-4-16(17)18/h2-5,12H,6-11,13H2,1H3. The number of aromatic nitrogens is 1. The molecule has 5 nitrogen and oxygen atoms in total. The maximum atomic E-state index is 13.5. The molecule has 1 aliphatic rings. The van der Waals surface area contributed by atoms with Crippen LogP contribution in [0, 0.1) is 12.7 Å². The fraction of sp³-hybridized carbons (Fsp3) is 0.471. The molecule has 0 aliphatic carbocycles. The molecular formula is C17H22FN3O2. The smallest absolute Gasteiger partial charge is 0.165 e. The van der Waals surface area contributed by atoms with Crippen molar-refractivity contribution in [2.45, 2.75) is 13.5 Å². The Labute approximate surface area is 135 Å². The van der Waals surface area contributed by atoms with Crippen LogP contribution in [-0.4, -0.2) is 54.3 Å². The number of benzene rings is 1. The molecule has 3 rings (SSSR count). The largest absolute Gasteiger partial charge is 0.489 e. The molecule has 0 bridgehead atoms. The van der Waals surface area contributed by atoms with E-state index in [0.717, 1.165) is 50.7 Å². The van der Waals surface area contributed by atoms with Crippen molar-refractivity contribution in [3.8, 4) is 5.75 Å². The van der Waals surface area contributed by atoms with Crippen molar-refractivity contribution >= 4 is 0 Å². The lowest BCUT2D eigenvalue weighted by atomic mass is 10.3. The fourth-order valence-electron chi connectivity index (χ4n) is 2.74. The molecule has 1 aromatic heterocycles. The van der Waals surface area contributed by atoms with Crippen LogP contribution in [0.15, 0.2) is 34.9 Å². The molecule has 2 heterocycles. The first-order valence-electron chi connectivity index (χ1n) is 7.95. The summed E-state index contributed by atoms with van der Waals surface area (Å²) in [6.07, 6.45) is 0. The van der Waals surface area contributed by atoms with Crippen molar-refractivity contribution in [3.63, 3.8) is 0 Å². The lowest BCUT2D eigenvalue weighted by Gasteiger charge is -2.34. The van der Waals surface area contributed by atoms with E-state index in [1.165, 1.54) is 6.07 Å². The molecule has 124 valence electrons. The van der Waals surface area contributed by atoms with E-state index in [-0.39, 0.29) is 5.82 Å². The Balaban J connectivity index is 1.37. The molecule has 6 heteroatoms. The van der Waals surface area contributed by atoms with Gasteiger partial charge in [-0.3, -0.25) is 9.80 Å². The molecule has 0 radical (unpaired) electrons. The SMILES string of the molecule is Cc1cc(CN2CCN(CCOc3ccccc3F)CC2)no1. The number of ether oxygens (including phenoxy) is 1. The maximum absolute atomic E-state index is 13.5. The molecule has 1 saturated heterocycles. The summed E-state index contributed by atoms with van der Waals surface area (Å²) < 4.78 is 24.1. The highest BCUT2D eigenvalue weighted by atomic mass is 19.1. The molecule has 0 atom stereocenters. The topological polar surface area (TPSA) is 41.7 Å². The molecule has 0 spiro atoms. The number of rotatable bonds is 6. The van der Waals surface area contributed by atoms with Crippen molar-refractivity contribution in [2.75, 3.05) is 39.3 Å². The van der Waals surface area contributed by atoms with E-state index in [1.54, 1.807) is 18.2 Å². The van der Waals surface area contributed by atoms with Crippen LogP contribution >= 0.6 is 0 Å². The second kappa shape index (κ2) is 7.57. The van der Waals surface area contributed by atoms with Crippen molar-refractivity contribution in [3.05, 3.63) is 47.6 Å². The molecule has 2 aromatic rings. The summed E-state index contributed by atoms with van der Waals surface area (Å²) in [6.45, 7) is 8.00. The monoisotopic (exact) mass is 319 g/mol. The second-order valence-electron chi connectivity index (χ2n) is 5.83. The van der Waals surface area contributed by atoms with E-state index in [0.29, 0.717) is 12.4 Å². The molecule has 0 amide bonds. The van der Waals surface area contributed by atoms with E-state index in [9.17, 15) is 4.39 Å². The Bertz CT molecular complexity index is 624. The van der Waals surface area contributed by atoms with Crippen molar-refractivity contribution < 1.29 is 13.7 Å². The predicted molar refractivity (Wildman–Crippen MR) is 84.9 cm³/mol. The number of piperazine rings is 1. The molecule has 1 aliphatic heterocycles. The van der Waals surface area contributed by atoms with Gasteiger partial charge in [-0.1, -0.05) is 17.3 Å². The van der Waals surface area contributed by atoms with Crippen molar-refractivity contribution in [1.29, 1.82) is 0 Å². The zero-order valence-electron chi connectivity index (χ0n) is 13.4. The van der Waals surface area contributed by atoms with Gasteiger partial charge in [0.25, 0.3) is 0 Å². The van der Waals surface area contributed by atoms with Gasteiger partial charge in [0, 0.05) is 45.3 Å². The third kappa shape index (κ3) is 4.53. The maximum Gasteiger partial charge on any atom is 0.165 e. The number of nitrogens with zero attached hydrogens (tertiary/aromatic N) is 3. The molecule has 0 N–H and O–H groups in total. The summed E-state index contributed by atoms with van der Waals surface area (Å²) in [6, 6.07) is 8.50. The van der Waals surface area contributed by atoms with Crippen molar-refractivity contribution in [1.82, 2.24) is 15.0 Å². The van der Waals surface area contributed by atoms with E-state index >= 15 is 0 Å². The van der Waals surface area contributed by atoms with Crippen LogP contribution in [0.2, 0.25) is 0 Å². The summed E-state index contributed by atoms with van der Waals surface area (Å²) in [5, 5.41) is 4.03. The number of aryl methyl sites for hydroxylation is 1. The zero-order chi connectivity index (χ0) is 16.1. The average Bonchev–Trinajstić information content (AvgIpc) is 2.96. The first-order valence-corrected chi connectivity index (χ1v) is 7.95.